The van der Waals surface area contributed by atoms with E-state index < -0.39 is 10.1 Å². The van der Waals surface area contributed by atoms with Gasteiger partial charge in [-0.25, -0.2) is 0 Å². The number of benzene rings is 3. The minimum Gasteiger partial charge on any atom is -0.490 e. The Balaban J connectivity index is 1.94. The van der Waals surface area contributed by atoms with Gasteiger partial charge in [0.1, 0.15) is 4.90 Å². The second-order valence-corrected chi connectivity index (χ2v) is 9.71. The van der Waals surface area contributed by atoms with Crippen LogP contribution in [0, 0.1) is 6.92 Å². The zero-order valence-corrected chi connectivity index (χ0v) is 20.7. The van der Waals surface area contributed by atoms with E-state index in [-0.39, 0.29) is 10.6 Å². The van der Waals surface area contributed by atoms with Crippen molar-refractivity contribution in [3.05, 3.63) is 94.0 Å². The molecule has 0 aliphatic carbocycles. The van der Waals surface area contributed by atoms with Gasteiger partial charge in [0.2, 0.25) is 0 Å². The summed E-state index contributed by atoms with van der Waals surface area (Å²) in [6, 6.07) is 15.2. The van der Waals surface area contributed by atoms with Gasteiger partial charge in [-0.1, -0.05) is 35.3 Å². The third-order valence-corrected chi connectivity index (χ3v) is 6.71. The number of aryl methyl sites for hydroxylation is 1. The number of nitrogens with one attached hydrogen (secondary N) is 1. The number of halogens is 2. The number of hydrogen-bond donors (Lipinski definition) is 1. The van der Waals surface area contributed by atoms with E-state index in [0.717, 1.165) is 16.8 Å². The van der Waals surface area contributed by atoms with Crippen LogP contribution in [0.1, 0.15) is 23.6 Å². The molecule has 0 unspecified atom stereocenters. The van der Waals surface area contributed by atoms with Gasteiger partial charge >= 0.3 is 10.1 Å². The molecular formula is C25H25Cl2NO4S. The maximum Gasteiger partial charge on any atom is 0.339 e. The van der Waals surface area contributed by atoms with Crippen molar-refractivity contribution in [2.24, 2.45) is 0 Å². The summed E-state index contributed by atoms with van der Waals surface area (Å²) in [6.45, 7) is 8.38. The van der Waals surface area contributed by atoms with E-state index in [1.165, 1.54) is 24.3 Å². The molecule has 5 nitrogen and oxygen atoms in total. The van der Waals surface area contributed by atoms with Gasteiger partial charge in [0.25, 0.3) is 0 Å². The zero-order valence-electron chi connectivity index (χ0n) is 18.4. The van der Waals surface area contributed by atoms with Crippen molar-refractivity contribution >= 4 is 39.0 Å². The predicted octanol–water partition coefficient (Wildman–Crippen LogP) is 6.81. The van der Waals surface area contributed by atoms with Gasteiger partial charge in [-0.15, -0.1) is 6.58 Å². The Hall–Kier alpha value is -2.67. The van der Waals surface area contributed by atoms with E-state index in [1.807, 2.05) is 38.1 Å². The molecule has 3 rings (SSSR count). The van der Waals surface area contributed by atoms with E-state index >= 15 is 0 Å². The first kappa shape index (κ1) is 25.0. The van der Waals surface area contributed by atoms with Gasteiger partial charge in [0, 0.05) is 27.8 Å². The van der Waals surface area contributed by atoms with Crippen molar-refractivity contribution in [1.82, 2.24) is 0 Å². The van der Waals surface area contributed by atoms with E-state index in [4.69, 9.17) is 32.1 Å². The Labute approximate surface area is 205 Å². The van der Waals surface area contributed by atoms with Gasteiger partial charge in [-0.3, -0.25) is 0 Å². The van der Waals surface area contributed by atoms with Crippen LogP contribution < -0.4 is 14.2 Å². The zero-order chi connectivity index (χ0) is 24.0. The summed E-state index contributed by atoms with van der Waals surface area (Å²) in [5.41, 5.74) is 3.41. The molecular weight excluding hydrogens is 481 g/mol. The molecule has 0 atom stereocenters. The highest BCUT2D eigenvalue weighted by Gasteiger charge is 2.22. The Morgan fingerprint density at radius 3 is 2.42 bits per heavy atom. The van der Waals surface area contributed by atoms with Crippen LogP contribution in [-0.4, -0.2) is 15.0 Å². The minimum absolute atomic E-state index is 0.000828. The van der Waals surface area contributed by atoms with Crippen LogP contribution in [0.4, 0.5) is 5.69 Å². The molecule has 33 heavy (non-hydrogen) atoms. The predicted molar refractivity (Wildman–Crippen MR) is 134 cm³/mol. The molecule has 0 saturated carbocycles. The number of anilines is 1. The lowest BCUT2D eigenvalue weighted by Gasteiger charge is -2.18. The third kappa shape index (κ3) is 6.44. The molecule has 0 aliphatic rings. The van der Waals surface area contributed by atoms with Gasteiger partial charge < -0.3 is 14.2 Å². The summed E-state index contributed by atoms with van der Waals surface area (Å²) < 4.78 is 37.1. The largest absolute Gasteiger partial charge is 0.490 e. The molecule has 0 heterocycles. The van der Waals surface area contributed by atoms with Crippen LogP contribution in [0.15, 0.2) is 72.1 Å². The second kappa shape index (κ2) is 11.0. The molecule has 0 radical (unpaired) electrons. The minimum atomic E-state index is -4.09. The topological polar surface area (TPSA) is 64.6 Å². The summed E-state index contributed by atoms with van der Waals surface area (Å²) in [4.78, 5) is 0.000828. The third-order valence-electron chi connectivity index (χ3n) is 4.82. The highest BCUT2D eigenvalue weighted by atomic mass is 35.5. The number of hydrogen-bond acceptors (Lipinski definition) is 5. The van der Waals surface area contributed by atoms with Crippen molar-refractivity contribution in [3.8, 4) is 11.5 Å². The van der Waals surface area contributed by atoms with Crippen molar-refractivity contribution in [2.45, 2.75) is 31.7 Å². The smallest absolute Gasteiger partial charge is 0.339 e. The molecule has 174 valence electrons. The van der Waals surface area contributed by atoms with Crippen LogP contribution in [0.3, 0.4) is 0 Å². The molecule has 0 aromatic heterocycles. The lowest BCUT2D eigenvalue weighted by Crippen LogP contribution is -2.13. The molecule has 0 saturated heterocycles. The van der Waals surface area contributed by atoms with Crippen molar-refractivity contribution < 1.29 is 17.3 Å². The molecule has 0 spiro atoms. The lowest BCUT2D eigenvalue weighted by molar-refractivity contribution is 0.326. The van der Waals surface area contributed by atoms with Gasteiger partial charge in [0.15, 0.2) is 11.5 Å². The Bertz CT molecular complexity index is 1240. The van der Waals surface area contributed by atoms with Gasteiger partial charge in [-0.2, -0.15) is 8.42 Å². The number of allylic oxidation sites excluding steroid dienone is 1. The summed E-state index contributed by atoms with van der Waals surface area (Å²) in [6.07, 6.45) is 2.08. The van der Waals surface area contributed by atoms with Crippen molar-refractivity contribution in [3.63, 3.8) is 0 Å². The molecule has 8 heteroatoms. The van der Waals surface area contributed by atoms with Gasteiger partial charge in [-0.05, 0) is 79.9 Å². The molecule has 0 fully saturated rings. The van der Waals surface area contributed by atoms with Crippen molar-refractivity contribution in [2.75, 3.05) is 11.9 Å². The summed E-state index contributed by atoms with van der Waals surface area (Å²) in [5, 5.41) is 4.44. The lowest BCUT2D eigenvalue weighted by atomic mass is 10.1. The molecule has 3 aromatic carbocycles. The summed E-state index contributed by atoms with van der Waals surface area (Å²) in [5.74, 6) is 0.488. The van der Waals surface area contributed by atoms with E-state index in [0.29, 0.717) is 40.9 Å². The van der Waals surface area contributed by atoms with E-state index in [2.05, 4.69) is 11.9 Å². The van der Waals surface area contributed by atoms with Crippen LogP contribution >= 0.6 is 23.2 Å². The normalized spacial score (nSPS) is 11.2. The van der Waals surface area contributed by atoms with E-state index in [9.17, 15) is 8.42 Å². The fourth-order valence-electron chi connectivity index (χ4n) is 3.16. The van der Waals surface area contributed by atoms with Crippen LogP contribution in [0.5, 0.6) is 11.5 Å². The standard InChI is InChI=1S/C25H25Cl2NO4S/c1-4-6-19-13-18(16-28-21-10-7-17(3)23(27)15-21)14-24(31-5-2)25(19)32-33(29,30)22-11-8-20(26)9-12-22/h4,7-15,28H,1,5-6,16H2,2-3H3. The highest BCUT2D eigenvalue weighted by Crippen LogP contribution is 2.36. The Morgan fingerprint density at radius 2 is 1.79 bits per heavy atom. The number of ether oxygens (including phenoxy) is 1. The monoisotopic (exact) mass is 505 g/mol. The van der Waals surface area contributed by atoms with E-state index in [1.54, 1.807) is 12.1 Å². The fraction of sp³-hybridized carbons (Fsp3) is 0.200. The molecule has 0 amide bonds. The molecule has 0 bridgehead atoms. The summed E-state index contributed by atoms with van der Waals surface area (Å²) in [7, 11) is -4.09. The fourth-order valence-corrected chi connectivity index (χ4v) is 4.44. The van der Waals surface area contributed by atoms with Crippen LogP contribution in [0.25, 0.3) is 0 Å². The van der Waals surface area contributed by atoms with Crippen LogP contribution in [0.2, 0.25) is 10.0 Å². The van der Waals surface area contributed by atoms with Gasteiger partial charge in [0.05, 0.1) is 6.61 Å². The molecule has 1 N–H and O–H groups in total. The Morgan fingerprint density at radius 1 is 1.06 bits per heavy atom. The van der Waals surface area contributed by atoms with Crippen LogP contribution in [-0.2, 0) is 23.1 Å². The first-order chi connectivity index (χ1) is 15.7. The first-order valence-electron chi connectivity index (χ1n) is 10.3. The average molecular weight is 506 g/mol. The first-order valence-corrected chi connectivity index (χ1v) is 12.5. The molecule has 0 aliphatic heterocycles. The highest BCUT2D eigenvalue weighted by molar-refractivity contribution is 7.87. The average Bonchev–Trinajstić information content (AvgIpc) is 2.77. The molecule has 3 aromatic rings. The maximum absolute atomic E-state index is 12.9. The maximum atomic E-state index is 12.9. The second-order valence-electron chi connectivity index (χ2n) is 7.32. The quantitative estimate of drug-likeness (QED) is 0.242. The number of rotatable bonds is 10. The Kier molecular flexibility index (Phi) is 8.30. The summed E-state index contributed by atoms with van der Waals surface area (Å²) >= 11 is 12.1. The SMILES string of the molecule is C=CCc1cc(CNc2ccc(C)c(Cl)c2)cc(OCC)c1OS(=O)(=O)c1ccc(Cl)cc1. The van der Waals surface area contributed by atoms with Crippen molar-refractivity contribution in [1.29, 1.82) is 0 Å².